The maximum atomic E-state index is 11.9. The molecule has 1 aromatic carbocycles. The minimum atomic E-state index is -1.13. The van der Waals surface area contributed by atoms with Gasteiger partial charge < -0.3 is 16.2 Å². The zero-order valence-electron chi connectivity index (χ0n) is 11.3. The number of amides is 1. The van der Waals surface area contributed by atoms with Crippen LogP contribution >= 0.6 is 11.3 Å². The van der Waals surface area contributed by atoms with Crippen LogP contribution in [0.3, 0.4) is 0 Å². The Labute approximate surface area is 126 Å². The van der Waals surface area contributed by atoms with Gasteiger partial charge >= 0.3 is 5.97 Å². The number of aliphatic carboxylic acids is 1. The van der Waals surface area contributed by atoms with Crippen molar-refractivity contribution in [1.82, 2.24) is 5.32 Å². The summed E-state index contributed by atoms with van der Waals surface area (Å²) in [4.78, 5) is 23.0. The third-order valence-electron chi connectivity index (χ3n) is 2.93. The van der Waals surface area contributed by atoms with E-state index in [9.17, 15) is 9.59 Å². The van der Waals surface area contributed by atoms with Gasteiger partial charge in [0, 0.05) is 6.54 Å². The number of thiophene rings is 1. The van der Waals surface area contributed by atoms with Gasteiger partial charge in [-0.3, -0.25) is 9.59 Å². The van der Waals surface area contributed by atoms with Gasteiger partial charge in [0.05, 0.1) is 4.88 Å². The summed E-state index contributed by atoms with van der Waals surface area (Å²) < 4.78 is 0. The lowest BCUT2D eigenvalue weighted by Crippen LogP contribution is -2.42. The molecular weight excluding hydrogens is 288 g/mol. The average molecular weight is 304 g/mol. The summed E-state index contributed by atoms with van der Waals surface area (Å²) in [7, 11) is 0. The number of carboxylic acids is 1. The van der Waals surface area contributed by atoms with Crippen LogP contribution in [-0.2, 0) is 11.2 Å². The molecule has 21 heavy (non-hydrogen) atoms. The Morgan fingerprint density at radius 1 is 1.24 bits per heavy atom. The molecule has 110 valence electrons. The molecule has 6 heteroatoms. The molecule has 2 aromatic rings. The van der Waals surface area contributed by atoms with Gasteiger partial charge in [-0.25, -0.2) is 0 Å². The van der Waals surface area contributed by atoms with Crippen LogP contribution in [0.25, 0.3) is 0 Å². The Kier molecular flexibility index (Phi) is 5.08. The lowest BCUT2D eigenvalue weighted by Gasteiger charge is -2.07. The number of rotatable bonds is 6. The summed E-state index contributed by atoms with van der Waals surface area (Å²) in [5.41, 5.74) is 7.57. The van der Waals surface area contributed by atoms with Crippen molar-refractivity contribution in [3.63, 3.8) is 0 Å². The number of nitrogens with one attached hydrogen (secondary N) is 1. The molecule has 0 unspecified atom stereocenters. The second-order valence-corrected chi connectivity index (χ2v) is 5.55. The van der Waals surface area contributed by atoms with Crippen LogP contribution in [0, 0.1) is 0 Å². The number of benzene rings is 1. The normalized spacial score (nSPS) is 11.9. The van der Waals surface area contributed by atoms with Crippen LogP contribution < -0.4 is 11.1 Å². The topological polar surface area (TPSA) is 92.4 Å². The van der Waals surface area contributed by atoms with Gasteiger partial charge in [0.25, 0.3) is 5.91 Å². The Bertz CT molecular complexity index is 625. The number of carbonyl (C=O) groups is 2. The van der Waals surface area contributed by atoms with E-state index in [0.717, 1.165) is 12.0 Å². The summed E-state index contributed by atoms with van der Waals surface area (Å²) in [6.07, 6.45) is 0.763. The van der Waals surface area contributed by atoms with Gasteiger partial charge in [-0.05, 0) is 29.0 Å². The zero-order chi connectivity index (χ0) is 15.2. The van der Waals surface area contributed by atoms with E-state index in [0.29, 0.717) is 4.88 Å². The fraction of sp³-hybridized carbons (Fsp3) is 0.200. The zero-order valence-corrected chi connectivity index (χ0v) is 12.1. The highest BCUT2D eigenvalue weighted by Gasteiger charge is 2.14. The Morgan fingerprint density at radius 3 is 2.62 bits per heavy atom. The molecule has 5 nitrogen and oxygen atoms in total. The van der Waals surface area contributed by atoms with Crippen LogP contribution in [0.4, 0.5) is 0 Å². The van der Waals surface area contributed by atoms with Gasteiger partial charge in [0.15, 0.2) is 0 Å². The standard InChI is InChI=1S/C15H16N2O3S/c16-12(15(19)20)8-17-14(18)13-7-11(9-21-13)6-10-4-2-1-3-5-10/h1-5,7,9,12H,6,8,16H2,(H,17,18)(H,19,20)/t12-/m1/s1. The van der Waals surface area contributed by atoms with E-state index in [1.54, 1.807) is 0 Å². The van der Waals surface area contributed by atoms with Crippen molar-refractivity contribution in [3.8, 4) is 0 Å². The van der Waals surface area contributed by atoms with Gasteiger partial charge in [-0.1, -0.05) is 30.3 Å². The number of carboxylic acid groups (broad SMARTS) is 1. The molecule has 1 amide bonds. The summed E-state index contributed by atoms with van der Waals surface area (Å²) >= 11 is 1.34. The molecule has 0 saturated heterocycles. The number of carbonyl (C=O) groups excluding carboxylic acids is 1. The van der Waals surface area contributed by atoms with E-state index in [4.69, 9.17) is 10.8 Å². The second-order valence-electron chi connectivity index (χ2n) is 4.64. The van der Waals surface area contributed by atoms with Gasteiger partial charge in [-0.15, -0.1) is 11.3 Å². The van der Waals surface area contributed by atoms with Crippen LogP contribution in [-0.4, -0.2) is 29.6 Å². The quantitative estimate of drug-likeness (QED) is 0.753. The first kappa shape index (κ1) is 15.2. The van der Waals surface area contributed by atoms with E-state index in [1.165, 1.54) is 16.9 Å². The van der Waals surface area contributed by atoms with E-state index < -0.39 is 12.0 Å². The van der Waals surface area contributed by atoms with Gasteiger partial charge in [-0.2, -0.15) is 0 Å². The molecular formula is C15H16N2O3S. The predicted molar refractivity (Wildman–Crippen MR) is 81.5 cm³/mol. The summed E-state index contributed by atoms with van der Waals surface area (Å²) in [6, 6.07) is 10.7. The maximum absolute atomic E-state index is 11.9. The maximum Gasteiger partial charge on any atom is 0.322 e. The first-order valence-corrected chi connectivity index (χ1v) is 7.32. The Hall–Kier alpha value is -2.18. The molecule has 0 aliphatic carbocycles. The van der Waals surface area contributed by atoms with Gasteiger partial charge in [0.2, 0.25) is 0 Å². The largest absolute Gasteiger partial charge is 0.480 e. The van der Waals surface area contributed by atoms with E-state index in [-0.39, 0.29) is 12.5 Å². The first-order chi connectivity index (χ1) is 10.1. The highest BCUT2D eigenvalue weighted by atomic mass is 32.1. The van der Waals surface area contributed by atoms with Crippen molar-refractivity contribution in [2.24, 2.45) is 5.73 Å². The van der Waals surface area contributed by atoms with Crippen molar-refractivity contribution in [3.05, 3.63) is 57.8 Å². The third-order valence-corrected chi connectivity index (χ3v) is 3.91. The number of hydrogen-bond acceptors (Lipinski definition) is 4. The molecule has 0 spiro atoms. The summed E-state index contributed by atoms with van der Waals surface area (Å²) in [5.74, 6) is -1.43. The lowest BCUT2D eigenvalue weighted by atomic mass is 10.1. The van der Waals surface area contributed by atoms with Crippen molar-refractivity contribution < 1.29 is 14.7 Å². The number of nitrogens with two attached hydrogens (primary N) is 1. The smallest absolute Gasteiger partial charge is 0.322 e. The molecule has 1 aromatic heterocycles. The third kappa shape index (κ3) is 4.40. The molecule has 0 radical (unpaired) electrons. The molecule has 0 fully saturated rings. The fourth-order valence-electron chi connectivity index (χ4n) is 1.80. The lowest BCUT2D eigenvalue weighted by molar-refractivity contribution is -0.138. The molecule has 0 saturated carbocycles. The van der Waals surface area contributed by atoms with Gasteiger partial charge in [0.1, 0.15) is 6.04 Å². The molecule has 0 aliphatic heterocycles. The first-order valence-electron chi connectivity index (χ1n) is 6.44. The molecule has 2 rings (SSSR count). The minimum Gasteiger partial charge on any atom is -0.480 e. The van der Waals surface area contributed by atoms with Crippen LogP contribution in [0.1, 0.15) is 20.8 Å². The van der Waals surface area contributed by atoms with Crippen molar-refractivity contribution in [2.75, 3.05) is 6.54 Å². The fourth-order valence-corrected chi connectivity index (χ4v) is 2.62. The van der Waals surface area contributed by atoms with Crippen molar-refractivity contribution >= 4 is 23.2 Å². The monoisotopic (exact) mass is 304 g/mol. The van der Waals surface area contributed by atoms with Crippen LogP contribution in [0.15, 0.2) is 41.8 Å². The molecule has 0 bridgehead atoms. The molecule has 4 N–H and O–H groups in total. The number of hydrogen-bond donors (Lipinski definition) is 3. The second kappa shape index (κ2) is 7.01. The Morgan fingerprint density at radius 2 is 1.95 bits per heavy atom. The Balaban J connectivity index is 1.93. The molecule has 1 atom stereocenters. The highest BCUT2D eigenvalue weighted by molar-refractivity contribution is 7.12. The minimum absolute atomic E-state index is 0.0832. The van der Waals surface area contributed by atoms with Crippen molar-refractivity contribution in [1.29, 1.82) is 0 Å². The van der Waals surface area contributed by atoms with Crippen molar-refractivity contribution in [2.45, 2.75) is 12.5 Å². The SMILES string of the molecule is N[C@H](CNC(=O)c1cc(Cc2ccccc2)cs1)C(=O)O. The van der Waals surface area contributed by atoms with Crippen LogP contribution in [0.2, 0.25) is 0 Å². The molecule has 0 aliphatic rings. The average Bonchev–Trinajstić information content (AvgIpc) is 2.94. The summed E-state index contributed by atoms with van der Waals surface area (Å²) in [5, 5.41) is 13.1. The highest BCUT2D eigenvalue weighted by Crippen LogP contribution is 2.18. The van der Waals surface area contributed by atoms with E-state index in [1.807, 2.05) is 41.8 Å². The van der Waals surface area contributed by atoms with E-state index in [2.05, 4.69) is 5.32 Å². The molecule has 1 heterocycles. The summed E-state index contributed by atoms with van der Waals surface area (Å²) in [6.45, 7) is -0.0832. The van der Waals surface area contributed by atoms with Crippen LogP contribution in [0.5, 0.6) is 0 Å². The van der Waals surface area contributed by atoms with E-state index >= 15 is 0 Å². The predicted octanol–water partition coefficient (Wildman–Crippen LogP) is 1.48.